The summed E-state index contributed by atoms with van der Waals surface area (Å²) in [5.41, 5.74) is 1.15. The summed E-state index contributed by atoms with van der Waals surface area (Å²) in [5.74, 6) is 0.992. The molecule has 1 N–H and O–H groups in total. The Balaban J connectivity index is 1.85. The van der Waals surface area contributed by atoms with E-state index in [1.165, 1.54) is 30.3 Å². The maximum absolute atomic E-state index is 13.1. The molecule has 3 aromatic carbocycles. The maximum atomic E-state index is 13.1. The minimum Gasteiger partial charge on any atom is -0.733 e. The first kappa shape index (κ1) is 22.1. The van der Waals surface area contributed by atoms with Gasteiger partial charge in [0.1, 0.15) is 23.0 Å². The van der Waals surface area contributed by atoms with Crippen LogP contribution in [0.15, 0.2) is 69.9 Å². The summed E-state index contributed by atoms with van der Waals surface area (Å²) in [6.07, 6.45) is 0. The van der Waals surface area contributed by atoms with E-state index in [1.54, 1.807) is 51.3 Å². The topological polar surface area (TPSA) is 112 Å². The number of hydrogen-bond donors (Lipinski definition) is 1. The average Bonchev–Trinajstić information content (AvgIpc) is 3.02. The summed E-state index contributed by atoms with van der Waals surface area (Å²) in [6.45, 7) is 3.37. The van der Waals surface area contributed by atoms with Crippen molar-refractivity contribution in [2.75, 3.05) is 12.3 Å². The molecule has 8 heteroatoms. The number of esters is 1. The number of furan rings is 1. The number of rotatable bonds is 5. The molecule has 1 heterocycles. The molecule has 0 radical (unpaired) electrons. The van der Waals surface area contributed by atoms with Crippen molar-refractivity contribution in [2.45, 2.75) is 13.8 Å². The van der Waals surface area contributed by atoms with Gasteiger partial charge in [-0.15, -0.1) is 0 Å². The average molecular weight is 446 g/mol. The lowest BCUT2D eigenvalue weighted by Crippen LogP contribution is -2.10. The molecule has 0 aliphatic carbocycles. The van der Waals surface area contributed by atoms with E-state index < -0.39 is 5.97 Å². The van der Waals surface area contributed by atoms with E-state index >= 15 is 0 Å². The second-order valence-electron chi connectivity index (χ2n) is 7.37. The molecule has 0 amide bonds. The fourth-order valence-corrected chi connectivity index (χ4v) is 3.66. The van der Waals surface area contributed by atoms with Crippen LogP contribution in [0.5, 0.6) is 11.5 Å². The minimum absolute atomic E-state index is 0.0286. The molecule has 0 aliphatic heterocycles. The van der Waals surface area contributed by atoms with Gasteiger partial charge in [0.05, 0.1) is 29.1 Å². The zero-order valence-electron chi connectivity index (χ0n) is 18.1. The van der Waals surface area contributed by atoms with Gasteiger partial charge in [0.2, 0.25) is 0 Å². The van der Waals surface area contributed by atoms with Crippen LogP contribution in [0.1, 0.15) is 21.9 Å². The Morgan fingerprint density at radius 1 is 0.939 bits per heavy atom. The van der Waals surface area contributed by atoms with Crippen LogP contribution in [0, 0.1) is 19.1 Å². The second-order valence-corrected chi connectivity index (χ2v) is 7.37. The number of hydrogen-bond acceptors (Lipinski definition) is 8. The van der Waals surface area contributed by atoms with E-state index in [0.29, 0.717) is 33.6 Å². The van der Waals surface area contributed by atoms with Crippen LogP contribution >= 0.6 is 0 Å². The van der Waals surface area contributed by atoms with E-state index in [4.69, 9.17) is 19.1 Å². The van der Waals surface area contributed by atoms with Gasteiger partial charge in [-0.1, -0.05) is 12.1 Å². The van der Waals surface area contributed by atoms with Crippen molar-refractivity contribution in [3.8, 4) is 22.6 Å². The van der Waals surface area contributed by atoms with Crippen LogP contribution in [-0.2, 0) is 0 Å². The third-order valence-electron chi connectivity index (χ3n) is 5.28. The molecule has 4 aromatic rings. The van der Waals surface area contributed by atoms with Crippen LogP contribution < -0.4 is 20.1 Å². The number of methoxy groups -OCH3 is 1. The van der Waals surface area contributed by atoms with Gasteiger partial charge in [-0.3, -0.25) is 10.0 Å². The zero-order valence-corrected chi connectivity index (χ0v) is 18.1. The molecular weight excluding hydrogens is 426 g/mol. The highest BCUT2D eigenvalue weighted by atomic mass is 16.8. The van der Waals surface area contributed by atoms with Crippen molar-refractivity contribution in [3.63, 3.8) is 0 Å². The molecule has 0 unspecified atom stereocenters. The quantitative estimate of drug-likeness (QED) is 0.337. The number of nitrogens with zero attached hydrogens (tertiary/aromatic N) is 1. The fourth-order valence-electron chi connectivity index (χ4n) is 3.66. The SMILES string of the molecule is COc1ccc(-c2cc(OC(=O)c3ccc(N([O-])O)cc3)c3c(C)oc(C)c3c(=O)c2)cc1. The standard InChI is InChI=1S/C25H20NO7/c1-14-23-21(27)12-18(16-6-10-20(31-3)11-7-16)13-22(24(23)15(2)32-14)33-25(28)17-4-8-19(9-5-17)26(29)30/h4-13,29H,1-3H3/q-1. The van der Waals surface area contributed by atoms with Gasteiger partial charge in [-0.05, 0) is 73.5 Å². The molecule has 8 nitrogen and oxygen atoms in total. The summed E-state index contributed by atoms with van der Waals surface area (Å²) in [4.78, 5) is 25.9. The third kappa shape index (κ3) is 4.30. The molecule has 1 aromatic heterocycles. The molecule has 33 heavy (non-hydrogen) atoms. The minimum atomic E-state index is -0.698. The van der Waals surface area contributed by atoms with Crippen molar-refractivity contribution >= 4 is 22.4 Å². The van der Waals surface area contributed by atoms with E-state index in [-0.39, 0.29) is 27.7 Å². The Morgan fingerprint density at radius 3 is 2.18 bits per heavy atom. The molecule has 0 atom stereocenters. The first-order valence-electron chi connectivity index (χ1n) is 9.99. The molecule has 0 spiro atoms. The Labute approximate surface area is 188 Å². The van der Waals surface area contributed by atoms with Gasteiger partial charge >= 0.3 is 5.97 Å². The summed E-state index contributed by atoms with van der Waals surface area (Å²) in [7, 11) is 1.56. The molecule has 0 saturated heterocycles. The van der Waals surface area contributed by atoms with Crippen LogP contribution in [-0.4, -0.2) is 18.3 Å². The van der Waals surface area contributed by atoms with Gasteiger partial charge < -0.3 is 24.3 Å². The predicted molar refractivity (Wildman–Crippen MR) is 123 cm³/mol. The van der Waals surface area contributed by atoms with Crippen LogP contribution in [0.25, 0.3) is 21.9 Å². The van der Waals surface area contributed by atoms with Crippen LogP contribution in [0.2, 0.25) is 0 Å². The largest absolute Gasteiger partial charge is 0.733 e. The number of carbonyl (C=O) groups excluding carboxylic acids is 1. The molecule has 0 saturated carbocycles. The molecular formula is C25H20NO7-. The monoisotopic (exact) mass is 446 g/mol. The number of carbonyl (C=O) groups is 1. The number of ether oxygens (including phenoxy) is 2. The van der Waals surface area contributed by atoms with Gasteiger partial charge in [0, 0.05) is 0 Å². The molecule has 0 bridgehead atoms. The molecule has 0 fully saturated rings. The summed E-state index contributed by atoms with van der Waals surface area (Å²) < 4.78 is 16.6. The Kier molecular flexibility index (Phi) is 5.87. The summed E-state index contributed by atoms with van der Waals surface area (Å²) >= 11 is 0. The molecule has 4 rings (SSSR count). The van der Waals surface area contributed by atoms with Crippen molar-refractivity contribution in [1.29, 1.82) is 0 Å². The van der Waals surface area contributed by atoms with Crippen molar-refractivity contribution in [1.82, 2.24) is 0 Å². The Hall–Kier alpha value is -4.14. The number of benzene rings is 2. The lowest BCUT2D eigenvalue weighted by atomic mass is 10.1. The first-order valence-corrected chi connectivity index (χ1v) is 9.99. The van der Waals surface area contributed by atoms with Gasteiger partial charge in [0.25, 0.3) is 0 Å². The fraction of sp³-hybridized carbons (Fsp3) is 0.120. The smallest absolute Gasteiger partial charge is 0.343 e. The van der Waals surface area contributed by atoms with E-state index in [9.17, 15) is 14.8 Å². The van der Waals surface area contributed by atoms with Gasteiger partial charge in [-0.25, -0.2) is 4.79 Å². The lowest BCUT2D eigenvalue weighted by Gasteiger charge is -2.21. The van der Waals surface area contributed by atoms with Crippen LogP contribution in [0.4, 0.5) is 5.69 Å². The van der Waals surface area contributed by atoms with E-state index in [2.05, 4.69) is 0 Å². The number of anilines is 1. The van der Waals surface area contributed by atoms with Gasteiger partial charge in [-0.2, -0.15) is 0 Å². The first-order chi connectivity index (χ1) is 15.8. The van der Waals surface area contributed by atoms with E-state index in [0.717, 1.165) is 5.56 Å². The summed E-state index contributed by atoms with van der Waals surface area (Å²) in [6, 6.07) is 15.5. The Morgan fingerprint density at radius 2 is 1.58 bits per heavy atom. The highest BCUT2D eigenvalue weighted by molar-refractivity contribution is 5.97. The maximum Gasteiger partial charge on any atom is 0.343 e. The van der Waals surface area contributed by atoms with Crippen molar-refractivity contribution in [3.05, 3.63) is 93.2 Å². The highest BCUT2D eigenvalue weighted by Gasteiger charge is 2.19. The Bertz CT molecular complexity index is 1390. The predicted octanol–water partition coefficient (Wildman–Crippen LogP) is 5.00. The highest BCUT2D eigenvalue weighted by Crippen LogP contribution is 2.34. The molecule has 168 valence electrons. The number of aryl methyl sites for hydroxylation is 2. The summed E-state index contributed by atoms with van der Waals surface area (Å²) in [5, 5.41) is 20.4. The van der Waals surface area contributed by atoms with E-state index in [1.807, 2.05) is 0 Å². The normalized spacial score (nSPS) is 10.8. The molecule has 0 aliphatic rings. The third-order valence-corrected chi connectivity index (χ3v) is 5.28. The van der Waals surface area contributed by atoms with Crippen LogP contribution in [0.3, 0.4) is 0 Å². The van der Waals surface area contributed by atoms with Gasteiger partial charge in [0.15, 0.2) is 5.43 Å². The second kappa shape index (κ2) is 8.78. The zero-order chi connectivity index (χ0) is 23.7. The van der Waals surface area contributed by atoms with Crippen molar-refractivity contribution < 1.29 is 23.9 Å². The number of fused-ring (bicyclic) bond motifs is 1. The van der Waals surface area contributed by atoms with Crippen molar-refractivity contribution in [2.24, 2.45) is 0 Å². The lowest BCUT2D eigenvalue weighted by molar-refractivity contribution is 0.0737.